The molecule has 1 aliphatic carbocycles. The minimum absolute atomic E-state index is 0.457. The second-order valence-corrected chi connectivity index (χ2v) is 15.4. The third-order valence-electron chi connectivity index (χ3n) is 2.72. The average Bonchev–Trinajstić information content (AvgIpc) is 2.03. The molecule has 0 radical (unpaired) electrons. The summed E-state index contributed by atoms with van der Waals surface area (Å²) in [6, 6.07) is 0. The van der Waals surface area contributed by atoms with Crippen molar-refractivity contribution >= 4 is 17.9 Å². The first-order valence-electron chi connectivity index (χ1n) is 5.06. The summed E-state index contributed by atoms with van der Waals surface area (Å²) in [7, 11) is 0. The van der Waals surface area contributed by atoms with Gasteiger partial charge in [-0.2, -0.15) is 0 Å². The summed E-state index contributed by atoms with van der Waals surface area (Å²) >= 11 is -1.96. The molecule has 1 aliphatic rings. The molecular formula is C10H20GeO. The van der Waals surface area contributed by atoms with Crippen molar-refractivity contribution < 1.29 is 4.79 Å². The van der Waals surface area contributed by atoms with Gasteiger partial charge in [-0.3, -0.25) is 0 Å². The fourth-order valence-electron chi connectivity index (χ4n) is 1.98. The minimum atomic E-state index is -1.96. The van der Waals surface area contributed by atoms with E-state index in [4.69, 9.17) is 0 Å². The van der Waals surface area contributed by atoms with E-state index in [9.17, 15) is 4.79 Å². The van der Waals surface area contributed by atoms with Crippen molar-refractivity contribution in [2.24, 2.45) is 5.92 Å². The van der Waals surface area contributed by atoms with E-state index >= 15 is 0 Å². The Morgan fingerprint density at radius 2 is 1.58 bits per heavy atom. The average molecular weight is 229 g/mol. The molecular weight excluding hydrogens is 209 g/mol. The first-order valence-corrected chi connectivity index (χ1v) is 12.4. The standard InChI is InChI=1S/C10H20GeO/c1-11(2,3)10(12)9-7-5-4-6-8-9/h9H,4-8H2,1-3H3. The Labute approximate surface area is 78.3 Å². The molecule has 0 unspecified atom stereocenters. The Kier molecular flexibility index (Phi) is 3.39. The van der Waals surface area contributed by atoms with E-state index in [0.717, 1.165) is 0 Å². The fraction of sp³-hybridized carbons (Fsp3) is 0.900. The van der Waals surface area contributed by atoms with E-state index in [-0.39, 0.29) is 0 Å². The number of hydrogen-bond acceptors (Lipinski definition) is 1. The Bertz CT molecular complexity index is 163. The molecule has 0 amide bonds. The van der Waals surface area contributed by atoms with Crippen molar-refractivity contribution in [3.05, 3.63) is 0 Å². The van der Waals surface area contributed by atoms with E-state index in [1.807, 2.05) is 0 Å². The van der Waals surface area contributed by atoms with E-state index in [2.05, 4.69) is 17.3 Å². The first kappa shape index (κ1) is 10.3. The molecule has 0 atom stereocenters. The summed E-state index contributed by atoms with van der Waals surface area (Å²) in [6.07, 6.45) is 6.28. The molecule has 0 heterocycles. The van der Waals surface area contributed by atoms with Crippen LogP contribution in [0.2, 0.25) is 17.3 Å². The van der Waals surface area contributed by atoms with Crippen molar-refractivity contribution in [1.29, 1.82) is 0 Å². The maximum absolute atomic E-state index is 11.9. The molecule has 2 heteroatoms. The van der Waals surface area contributed by atoms with Gasteiger partial charge in [0.1, 0.15) is 0 Å². The van der Waals surface area contributed by atoms with Crippen molar-refractivity contribution in [2.45, 2.75) is 49.4 Å². The molecule has 0 aliphatic heterocycles. The summed E-state index contributed by atoms with van der Waals surface area (Å²) in [5.41, 5.74) is 0. The molecule has 12 heavy (non-hydrogen) atoms. The van der Waals surface area contributed by atoms with Gasteiger partial charge in [-0.05, 0) is 0 Å². The van der Waals surface area contributed by atoms with E-state index < -0.39 is 13.3 Å². The van der Waals surface area contributed by atoms with E-state index in [0.29, 0.717) is 10.5 Å². The SMILES string of the molecule is [CH3][Ge]([CH3])([CH3])[C](=O)C1CCCCC1. The zero-order valence-electron chi connectivity index (χ0n) is 8.52. The summed E-state index contributed by atoms with van der Waals surface area (Å²) in [4.78, 5) is 11.9. The van der Waals surface area contributed by atoms with Crippen LogP contribution in [0.5, 0.6) is 0 Å². The molecule has 70 valence electrons. The number of rotatable bonds is 2. The fourth-order valence-corrected chi connectivity index (χ4v) is 5.15. The summed E-state index contributed by atoms with van der Waals surface area (Å²) in [6.45, 7) is 0. The molecule has 0 saturated heterocycles. The quantitative estimate of drug-likeness (QED) is 0.665. The van der Waals surface area contributed by atoms with Crippen molar-refractivity contribution in [1.82, 2.24) is 0 Å². The molecule has 0 aromatic carbocycles. The van der Waals surface area contributed by atoms with E-state index in [1.165, 1.54) is 32.1 Å². The maximum atomic E-state index is 11.9. The predicted octanol–water partition coefficient (Wildman–Crippen LogP) is 3.01. The van der Waals surface area contributed by atoms with Gasteiger partial charge in [0, 0.05) is 0 Å². The van der Waals surface area contributed by atoms with Crippen LogP contribution >= 0.6 is 0 Å². The zero-order chi connectivity index (χ0) is 9.19. The van der Waals surface area contributed by atoms with Gasteiger partial charge in [0.05, 0.1) is 0 Å². The Morgan fingerprint density at radius 1 is 1.08 bits per heavy atom. The Balaban J connectivity index is 2.51. The van der Waals surface area contributed by atoms with Gasteiger partial charge in [0.25, 0.3) is 0 Å². The van der Waals surface area contributed by atoms with Gasteiger partial charge < -0.3 is 0 Å². The molecule has 0 spiro atoms. The van der Waals surface area contributed by atoms with Gasteiger partial charge in [-0.25, -0.2) is 0 Å². The summed E-state index contributed by atoms with van der Waals surface area (Å²) in [5.74, 6) is 7.11. The van der Waals surface area contributed by atoms with E-state index in [1.54, 1.807) is 0 Å². The van der Waals surface area contributed by atoms with Crippen LogP contribution in [-0.2, 0) is 4.79 Å². The molecule has 1 nitrogen and oxygen atoms in total. The van der Waals surface area contributed by atoms with Gasteiger partial charge in [-0.1, -0.05) is 0 Å². The van der Waals surface area contributed by atoms with Crippen molar-refractivity contribution in [3.63, 3.8) is 0 Å². The van der Waals surface area contributed by atoms with Crippen LogP contribution in [0.3, 0.4) is 0 Å². The third kappa shape index (κ3) is 2.61. The topological polar surface area (TPSA) is 17.1 Å². The third-order valence-corrected chi connectivity index (χ3v) is 6.67. The number of carbonyl (C=O) groups is 1. The van der Waals surface area contributed by atoms with Crippen LogP contribution in [0, 0.1) is 5.92 Å². The number of hydrogen-bond donors (Lipinski definition) is 0. The zero-order valence-corrected chi connectivity index (χ0v) is 10.6. The monoisotopic (exact) mass is 230 g/mol. The molecule has 0 aromatic heterocycles. The van der Waals surface area contributed by atoms with Gasteiger partial charge in [-0.15, -0.1) is 0 Å². The second-order valence-electron chi connectivity index (χ2n) is 4.95. The van der Waals surface area contributed by atoms with Crippen LogP contribution < -0.4 is 0 Å². The first-order chi connectivity index (χ1) is 5.52. The normalized spacial score (nSPS) is 20.9. The Hall–Kier alpha value is 0.213. The van der Waals surface area contributed by atoms with Crippen LogP contribution in [0.1, 0.15) is 32.1 Å². The molecule has 1 fully saturated rings. The molecule has 0 bridgehead atoms. The number of carbonyl (C=O) groups excluding carboxylic acids is 1. The molecule has 1 rings (SSSR count). The van der Waals surface area contributed by atoms with Crippen LogP contribution in [0.15, 0.2) is 0 Å². The molecule has 0 N–H and O–H groups in total. The van der Waals surface area contributed by atoms with Gasteiger partial charge in [0.2, 0.25) is 0 Å². The van der Waals surface area contributed by atoms with Gasteiger partial charge in [0.15, 0.2) is 0 Å². The van der Waals surface area contributed by atoms with Crippen LogP contribution in [0.4, 0.5) is 0 Å². The summed E-state index contributed by atoms with van der Waals surface area (Å²) in [5, 5.41) is 0. The molecule has 1 saturated carbocycles. The van der Waals surface area contributed by atoms with Crippen molar-refractivity contribution in [3.8, 4) is 0 Å². The van der Waals surface area contributed by atoms with Gasteiger partial charge >= 0.3 is 78.0 Å². The van der Waals surface area contributed by atoms with Crippen LogP contribution in [0.25, 0.3) is 0 Å². The second kappa shape index (κ2) is 3.95. The summed E-state index contributed by atoms with van der Waals surface area (Å²) < 4.78 is 0.662. The van der Waals surface area contributed by atoms with Crippen LogP contribution in [-0.4, -0.2) is 17.9 Å². The Morgan fingerprint density at radius 3 is 2.00 bits per heavy atom. The predicted molar refractivity (Wildman–Crippen MR) is 54.9 cm³/mol. The molecule has 0 aromatic rings. The van der Waals surface area contributed by atoms with Crippen molar-refractivity contribution in [2.75, 3.05) is 0 Å².